The molecule has 0 amide bonds. The summed E-state index contributed by atoms with van der Waals surface area (Å²) in [6.45, 7) is 0.951. The largest absolute Gasteiger partial charge is 0.475 e. The topological polar surface area (TPSA) is 70.3 Å². The summed E-state index contributed by atoms with van der Waals surface area (Å²) in [5.74, 6) is 1.52. The molecule has 0 N–H and O–H groups in total. The molecule has 0 fully saturated rings. The van der Waals surface area contributed by atoms with E-state index in [-0.39, 0.29) is 0 Å². The first kappa shape index (κ1) is 13.7. The second kappa shape index (κ2) is 6.47. The number of nitrogens with zero attached hydrogens (tertiary/aromatic N) is 3. The van der Waals surface area contributed by atoms with Crippen molar-refractivity contribution in [3.63, 3.8) is 0 Å². The monoisotopic (exact) mass is 303 g/mol. The van der Waals surface area contributed by atoms with Gasteiger partial charge in [0.15, 0.2) is 0 Å². The SMILES string of the molecule is COCCOc1cc(-c2nc(-c3cccs3)no2)ccn1. The molecule has 0 aliphatic carbocycles. The van der Waals surface area contributed by atoms with Gasteiger partial charge in [0.05, 0.1) is 11.5 Å². The predicted octanol–water partition coefficient (Wildman–Crippen LogP) is 2.89. The van der Waals surface area contributed by atoms with Crippen molar-refractivity contribution in [1.29, 1.82) is 0 Å². The van der Waals surface area contributed by atoms with Gasteiger partial charge in [-0.2, -0.15) is 4.98 Å². The van der Waals surface area contributed by atoms with Gasteiger partial charge in [0, 0.05) is 24.9 Å². The molecule has 0 radical (unpaired) electrons. The van der Waals surface area contributed by atoms with Gasteiger partial charge in [-0.05, 0) is 17.5 Å². The molecule has 6 nitrogen and oxygen atoms in total. The summed E-state index contributed by atoms with van der Waals surface area (Å²) in [5.41, 5.74) is 0.771. The maximum atomic E-state index is 5.46. The molecule has 0 atom stereocenters. The van der Waals surface area contributed by atoms with E-state index in [2.05, 4.69) is 15.1 Å². The molecular weight excluding hydrogens is 290 g/mol. The highest BCUT2D eigenvalue weighted by molar-refractivity contribution is 7.13. The fourth-order valence-corrected chi connectivity index (χ4v) is 2.35. The van der Waals surface area contributed by atoms with Crippen molar-refractivity contribution in [3.05, 3.63) is 35.8 Å². The molecule has 3 aromatic heterocycles. The average molecular weight is 303 g/mol. The van der Waals surface area contributed by atoms with E-state index in [9.17, 15) is 0 Å². The Kier molecular flexibility index (Phi) is 4.23. The number of pyridine rings is 1. The van der Waals surface area contributed by atoms with Gasteiger partial charge in [-0.1, -0.05) is 11.2 Å². The molecule has 0 aliphatic heterocycles. The Balaban J connectivity index is 1.79. The van der Waals surface area contributed by atoms with E-state index in [4.69, 9.17) is 14.0 Å². The van der Waals surface area contributed by atoms with Gasteiger partial charge in [-0.25, -0.2) is 4.98 Å². The van der Waals surface area contributed by atoms with Crippen LogP contribution in [0.5, 0.6) is 5.88 Å². The van der Waals surface area contributed by atoms with Crippen molar-refractivity contribution in [3.8, 4) is 28.0 Å². The lowest BCUT2D eigenvalue weighted by Crippen LogP contribution is -2.05. The standard InChI is InChI=1S/C14H13N3O3S/c1-18-6-7-19-12-9-10(4-5-15-12)14-16-13(17-20-14)11-3-2-8-21-11/h2-5,8-9H,6-7H2,1H3. The smallest absolute Gasteiger partial charge is 0.258 e. The zero-order chi connectivity index (χ0) is 14.5. The summed E-state index contributed by atoms with van der Waals surface area (Å²) in [5, 5.41) is 5.95. The Labute approximate surface area is 125 Å². The summed E-state index contributed by atoms with van der Waals surface area (Å²) in [6, 6.07) is 7.46. The van der Waals surface area contributed by atoms with Gasteiger partial charge >= 0.3 is 0 Å². The fraction of sp³-hybridized carbons (Fsp3) is 0.214. The van der Waals surface area contributed by atoms with Crippen LogP contribution in [0.2, 0.25) is 0 Å². The van der Waals surface area contributed by atoms with Gasteiger partial charge in [0.1, 0.15) is 6.61 Å². The number of rotatable bonds is 6. The molecule has 0 aliphatic rings. The van der Waals surface area contributed by atoms with E-state index in [1.165, 1.54) is 0 Å². The van der Waals surface area contributed by atoms with Crippen molar-refractivity contribution >= 4 is 11.3 Å². The van der Waals surface area contributed by atoms with Gasteiger partial charge in [-0.3, -0.25) is 0 Å². The van der Waals surface area contributed by atoms with Crippen LogP contribution >= 0.6 is 11.3 Å². The molecule has 3 heterocycles. The fourth-order valence-electron chi connectivity index (χ4n) is 1.70. The lowest BCUT2D eigenvalue weighted by Gasteiger charge is -2.04. The zero-order valence-corrected chi connectivity index (χ0v) is 12.2. The number of hydrogen-bond acceptors (Lipinski definition) is 7. The van der Waals surface area contributed by atoms with E-state index in [0.717, 1.165) is 10.4 Å². The number of aromatic nitrogens is 3. The number of hydrogen-bond donors (Lipinski definition) is 0. The normalized spacial score (nSPS) is 10.7. The highest BCUT2D eigenvalue weighted by atomic mass is 32.1. The summed E-state index contributed by atoms with van der Waals surface area (Å²) >= 11 is 1.57. The maximum absolute atomic E-state index is 5.46. The summed E-state index contributed by atoms with van der Waals surface area (Å²) in [6.07, 6.45) is 1.65. The minimum Gasteiger partial charge on any atom is -0.475 e. The highest BCUT2D eigenvalue weighted by Crippen LogP contribution is 2.26. The molecular formula is C14H13N3O3S. The van der Waals surface area contributed by atoms with E-state index in [1.807, 2.05) is 17.5 Å². The highest BCUT2D eigenvalue weighted by Gasteiger charge is 2.12. The van der Waals surface area contributed by atoms with E-state index in [1.54, 1.807) is 36.8 Å². The molecule has 3 rings (SSSR count). The van der Waals surface area contributed by atoms with Gasteiger partial charge in [0.2, 0.25) is 11.7 Å². The molecule has 3 aromatic rings. The van der Waals surface area contributed by atoms with Gasteiger partial charge in [0.25, 0.3) is 5.89 Å². The molecule has 0 saturated carbocycles. The van der Waals surface area contributed by atoms with Crippen LogP contribution in [0.3, 0.4) is 0 Å². The Hall–Kier alpha value is -2.25. The van der Waals surface area contributed by atoms with Gasteiger partial charge < -0.3 is 14.0 Å². The number of thiophene rings is 1. The van der Waals surface area contributed by atoms with Crippen LogP contribution in [-0.4, -0.2) is 35.4 Å². The molecule has 0 saturated heterocycles. The van der Waals surface area contributed by atoms with Crippen LogP contribution in [0.4, 0.5) is 0 Å². The molecule has 21 heavy (non-hydrogen) atoms. The van der Waals surface area contributed by atoms with Crippen molar-refractivity contribution in [2.75, 3.05) is 20.3 Å². The molecule has 0 aromatic carbocycles. The molecule has 0 spiro atoms. The van der Waals surface area contributed by atoms with Crippen molar-refractivity contribution in [2.45, 2.75) is 0 Å². The predicted molar refractivity (Wildman–Crippen MR) is 78.2 cm³/mol. The lowest BCUT2D eigenvalue weighted by molar-refractivity contribution is 0.144. The Bertz CT molecular complexity index is 697. The van der Waals surface area contributed by atoms with Crippen molar-refractivity contribution in [2.24, 2.45) is 0 Å². The van der Waals surface area contributed by atoms with Crippen LogP contribution < -0.4 is 4.74 Å². The van der Waals surface area contributed by atoms with Crippen LogP contribution in [0, 0.1) is 0 Å². The van der Waals surface area contributed by atoms with E-state index >= 15 is 0 Å². The molecule has 7 heteroatoms. The Morgan fingerprint density at radius 1 is 1.29 bits per heavy atom. The van der Waals surface area contributed by atoms with Gasteiger partial charge in [-0.15, -0.1) is 11.3 Å². The van der Waals surface area contributed by atoms with Crippen molar-refractivity contribution in [1.82, 2.24) is 15.1 Å². The summed E-state index contributed by atoms with van der Waals surface area (Å²) in [4.78, 5) is 9.48. The first-order chi connectivity index (χ1) is 10.4. The first-order valence-corrected chi connectivity index (χ1v) is 7.20. The summed E-state index contributed by atoms with van der Waals surface area (Å²) < 4.78 is 15.7. The van der Waals surface area contributed by atoms with E-state index in [0.29, 0.717) is 30.8 Å². The first-order valence-electron chi connectivity index (χ1n) is 6.32. The van der Waals surface area contributed by atoms with E-state index < -0.39 is 0 Å². The van der Waals surface area contributed by atoms with Crippen LogP contribution in [-0.2, 0) is 4.74 Å². The Morgan fingerprint density at radius 2 is 2.24 bits per heavy atom. The third kappa shape index (κ3) is 3.26. The average Bonchev–Trinajstić information content (AvgIpc) is 3.19. The Morgan fingerprint density at radius 3 is 3.05 bits per heavy atom. The lowest BCUT2D eigenvalue weighted by atomic mass is 10.2. The van der Waals surface area contributed by atoms with Crippen LogP contribution in [0.15, 0.2) is 40.4 Å². The van der Waals surface area contributed by atoms with Crippen molar-refractivity contribution < 1.29 is 14.0 Å². The number of ether oxygens (including phenoxy) is 2. The van der Waals surface area contributed by atoms with Crippen LogP contribution in [0.1, 0.15) is 0 Å². The minimum absolute atomic E-state index is 0.442. The molecule has 0 unspecified atom stereocenters. The zero-order valence-electron chi connectivity index (χ0n) is 11.4. The minimum atomic E-state index is 0.442. The third-order valence-corrected chi connectivity index (χ3v) is 3.55. The quantitative estimate of drug-likeness (QED) is 0.652. The second-order valence-corrected chi connectivity index (χ2v) is 5.07. The maximum Gasteiger partial charge on any atom is 0.258 e. The third-order valence-electron chi connectivity index (χ3n) is 2.69. The molecule has 108 valence electrons. The second-order valence-electron chi connectivity index (χ2n) is 4.12. The van der Waals surface area contributed by atoms with Crippen LogP contribution in [0.25, 0.3) is 22.2 Å². The number of methoxy groups -OCH3 is 1. The molecule has 0 bridgehead atoms. The summed E-state index contributed by atoms with van der Waals surface area (Å²) in [7, 11) is 1.62.